The van der Waals surface area contributed by atoms with Gasteiger partial charge in [-0.2, -0.15) is 10.1 Å². The predicted octanol–water partition coefficient (Wildman–Crippen LogP) is 1.92. The summed E-state index contributed by atoms with van der Waals surface area (Å²) >= 11 is 0. The van der Waals surface area contributed by atoms with Gasteiger partial charge in [0.15, 0.2) is 11.2 Å². The van der Waals surface area contributed by atoms with Crippen molar-refractivity contribution in [2.75, 3.05) is 13.2 Å². The number of halogens is 1. The normalized spacial score (nSPS) is 11.5. The fourth-order valence-electron chi connectivity index (χ4n) is 3.80. The second kappa shape index (κ2) is 8.54. The van der Waals surface area contributed by atoms with Crippen LogP contribution in [0.2, 0.25) is 0 Å². The first kappa shape index (κ1) is 21.7. The Hall–Kier alpha value is -3.53. The number of hydrogen-bond acceptors (Lipinski definition) is 5. The van der Waals surface area contributed by atoms with Crippen LogP contribution >= 0.6 is 0 Å². The monoisotopic (exact) mass is 440 g/mol. The van der Waals surface area contributed by atoms with E-state index in [1.807, 2.05) is 26.8 Å². The van der Waals surface area contributed by atoms with Gasteiger partial charge in [0.1, 0.15) is 5.82 Å². The summed E-state index contributed by atoms with van der Waals surface area (Å²) in [5.74, 6) is -0.0568. The van der Waals surface area contributed by atoms with Gasteiger partial charge in [-0.05, 0) is 32.9 Å². The molecule has 0 radical (unpaired) electrons. The Balaban J connectivity index is 2.03. The summed E-state index contributed by atoms with van der Waals surface area (Å²) in [5.41, 5.74) is 1.39. The minimum Gasteiger partial charge on any atom is -0.380 e. The topological polar surface area (TPSA) is 88.9 Å². The Labute approximate surface area is 183 Å². The van der Waals surface area contributed by atoms with Crippen LogP contribution in [0, 0.1) is 19.7 Å². The highest BCUT2D eigenvalue weighted by molar-refractivity contribution is 5.73. The summed E-state index contributed by atoms with van der Waals surface area (Å²) in [6.45, 7) is 6.42. The number of aromatic nitrogens is 6. The fraction of sp³-hybridized carbons (Fsp3) is 0.364. The van der Waals surface area contributed by atoms with E-state index >= 15 is 0 Å². The van der Waals surface area contributed by atoms with Gasteiger partial charge < -0.3 is 4.74 Å². The molecule has 1 aromatic carbocycles. The van der Waals surface area contributed by atoms with Crippen LogP contribution in [0.3, 0.4) is 0 Å². The Morgan fingerprint density at radius 1 is 1.12 bits per heavy atom. The molecule has 0 saturated carbocycles. The summed E-state index contributed by atoms with van der Waals surface area (Å²) < 4.78 is 25.5. The van der Waals surface area contributed by atoms with Crippen molar-refractivity contribution in [2.24, 2.45) is 7.05 Å². The summed E-state index contributed by atoms with van der Waals surface area (Å²) in [4.78, 5) is 30.9. The minimum atomic E-state index is -0.501. The molecule has 0 bridgehead atoms. The third kappa shape index (κ3) is 3.66. The Kier molecular flexibility index (Phi) is 5.79. The van der Waals surface area contributed by atoms with E-state index in [2.05, 4.69) is 10.1 Å². The zero-order chi connectivity index (χ0) is 23.0. The molecule has 10 heteroatoms. The van der Waals surface area contributed by atoms with E-state index in [0.29, 0.717) is 18.1 Å². The first-order valence-electron chi connectivity index (χ1n) is 10.4. The molecule has 0 aliphatic rings. The van der Waals surface area contributed by atoms with Gasteiger partial charge in [0.05, 0.1) is 25.4 Å². The van der Waals surface area contributed by atoms with Crippen LogP contribution < -0.4 is 11.2 Å². The summed E-state index contributed by atoms with van der Waals surface area (Å²) in [6, 6.07) is 8.25. The Morgan fingerprint density at radius 3 is 2.53 bits per heavy atom. The highest BCUT2D eigenvalue weighted by Gasteiger charge is 2.23. The van der Waals surface area contributed by atoms with Crippen molar-refractivity contribution in [3.63, 3.8) is 0 Å². The Morgan fingerprint density at radius 2 is 1.88 bits per heavy atom. The molecule has 0 unspecified atom stereocenters. The van der Waals surface area contributed by atoms with Gasteiger partial charge in [0, 0.05) is 24.9 Å². The SMILES string of the molecule is CCOCCn1c(=O)c2c(nc(-n3nc(C)cc3C)n2Cc2ccccc2F)n(C)c1=O. The molecule has 4 rings (SSSR count). The van der Waals surface area contributed by atoms with Crippen molar-refractivity contribution < 1.29 is 9.13 Å². The average molecular weight is 440 g/mol. The summed E-state index contributed by atoms with van der Waals surface area (Å²) in [7, 11) is 1.56. The van der Waals surface area contributed by atoms with Crippen molar-refractivity contribution in [1.82, 2.24) is 28.5 Å². The average Bonchev–Trinajstić information content (AvgIpc) is 3.30. The Bertz CT molecular complexity index is 1410. The second-order valence-electron chi connectivity index (χ2n) is 7.60. The molecular formula is C22H25FN6O3. The number of ether oxygens (including phenoxy) is 1. The smallest absolute Gasteiger partial charge is 0.332 e. The number of aryl methyl sites for hydroxylation is 3. The molecule has 0 spiro atoms. The number of hydrogen-bond donors (Lipinski definition) is 0. The van der Waals surface area contributed by atoms with Crippen LogP contribution in [0.4, 0.5) is 4.39 Å². The lowest BCUT2D eigenvalue weighted by Crippen LogP contribution is -2.40. The van der Waals surface area contributed by atoms with E-state index in [0.717, 1.165) is 16.0 Å². The van der Waals surface area contributed by atoms with Crippen molar-refractivity contribution in [1.29, 1.82) is 0 Å². The van der Waals surface area contributed by atoms with Crippen LogP contribution in [0.5, 0.6) is 0 Å². The minimum absolute atomic E-state index is 0.0513. The fourth-order valence-corrected chi connectivity index (χ4v) is 3.80. The summed E-state index contributed by atoms with van der Waals surface area (Å²) in [5, 5.41) is 4.49. The molecule has 0 fully saturated rings. The molecule has 32 heavy (non-hydrogen) atoms. The third-order valence-corrected chi connectivity index (χ3v) is 5.36. The van der Waals surface area contributed by atoms with E-state index in [9.17, 15) is 14.0 Å². The largest absolute Gasteiger partial charge is 0.380 e. The first-order chi connectivity index (χ1) is 15.3. The van der Waals surface area contributed by atoms with Gasteiger partial charge >= 0.3 is 5.69 Å². The van der Waals surface area contributed by atoms with E-state index < -0.39 is 17.1 Å². The highest BCUT2D eigenvalue weighted by Crippen LogP contribution is 2.20. The second-order valence-corrected chi connectivity index (χ2v) is 7.60. The maximum atomic E-state index is 14.5. The molecular weight excluding hydrogens is 415 g/mol. The zero-order valence-electron chi connectivity index (χ0n) is 18.5. The van der Waals surface area contributed by atoms with Crippen LogP contribution in [0.15, 0.2) is 39.9 Å². The van der Waals surface area contributed by atoms with E-state index in [4.69, 9.17) is 4.74 Å². The van der Waals surface area contributed by atoms with Crippen LogP contribution in [0.1, 0.15) is 23.9 Å². The van der Waals surface area contributed by atoms with Crippen molar-refractivity contribution in [3.05, 3.63) is 73.9 Å². The van der Waals surface area contributed by atoms with Crippen LogP contribution in [-0.4, -0.2) is 41.7 Å². The van der Waals surface area contributed by atoms with Gasteiger partial charge in [0.2, 0.25) is 5.95 Å². The zero-order valence-corrected chi connectivity index (χ0v) is 18.5. The molecule has 3 heterocycles. The maximum absolute atomic E-state index is 14.5. The van der Waals surface area contributed by atoms with Crippen LogP contribution in [-0.2, 0) is 24.9 Å². The molecule has 4 aromatic rings. The lowest BCUT2D eigenvalue weighted by atomic mass is 10.2. The quantitative estimate of drug-likeness (QED) is 0.410. The number of imidazole rings is 1. The highest BCUT2D eigenvalue weighted by atomic mass is 19.1. The lowest BCUT2D eigenvalue weighted by Gasteiger charge is -2.12. The maximum Gasteiger partial charge on any atom is 0.332 e. The number of fused-ring (bicyclic) bond motifs is 1. The standard InChI is InChI=1S/C22H25FN6O3/c1-5-32-11-10-27-20(30)18-19(26(4)22(27)31)24-21(29-15(3)12-14(2)25-29)28(18)13-16-8-6-7-9-17(16)23/h6-9,12H,5,10-11,13H2,1-4H3. The van der Waals surface area contributed by atoms with Crippen molar-refractivity contribution >= 4 is 11.2 Å². The molecule has 0 aliphatic carbocycles. The number of benzene rings is 1. The lowest BCUT2D eigenvalue weighted by molar-refractivity contribution is 0.137. The molecule has 0 aliphatic heterocycles. The van der Waals surface area contributed by atoms with E-state index in [1.54, 1.807) is 34.5 Å². The summed E-state index contributed by atoms with van der Waals surface area (Å²) in [6.07, 6.45) is 0. The molecule has 0 saturated heterocycles. The third-order valence-electron chi connectivity index (χ3n) is 5.36. The molecule has 168 valence electrons. The molecule has 9 nitrogen and oxygen atoms in total. The van der Waals surface area contributed by atoms with Gasteiger partial charge in [-0.1, -0.05) is 18.2 Å². The van der Waals surface area contributed by atoms with Crippen molar-refractivity contribution in [3.8, 4) is 5.95 Å². The van der Waals surface area contributed by atoms with Crippen molar-refractivity contribution in [2.45, 2.75) is 33.9 Å². The van der Waals surface area contributed by atoms with Gasteiger partial charge in [-0.15, -0.1) is 0 Å². The molecule has 0 N–H and O–H groups in total. The molecule has 0 amide bonds. The molecule has 3 aromatic heterocycles. The van der Waals surface area contributed by atoms with Crippen LogP contribution in [0.25, 0.3) is 17.1 Å². The van der Waals surface area contributed by atoms with E-state index in [1.165, 1.54) is 10.6 Å². The van der Waals surface area contributed by atoms with Gasteiger partial charge in [-0.3, -0.25) is 18.5 Å². The van der Waals surface area contributed by atoms with Gasteiger partial charge in [-0.25, -0.2) is 13.9 Å². The predicted molar refractivity (Wildman–Crippen MR) is 118 cm³/mol. The molecule has 0 atom stereocenters. The van der Waals surface area contributed by atoms with E-state index in [-0.39, 0.29) is 30.9 Å². The van der Waals surface area contributed by atoms with Gasteiger partial charge in [0.25, 0.3) is 5.56 Å². The first-order valence-corrected chi connectivity index (χ1v) is 10.4. The number of nitrogens with zero attached hydrogens (tertiary/aromatic N) is 6. The number of rotatable bonds is 7.